The highest BCUT2D eigenvalue weighted by Gasteiger charge is 2.24. The fourth-order valence-corrected chi connectivity index (χ4v) is 4.23. The number of halogens is 1. The largest absolute Gasteiger partial charge is 0.497 e. The molecule has 1 aromatic carbocycles. The zero-order valence-electron chi connectivity index (χ0n) is 16.9. The second kappa shape index (κ2) is 8.97. The molecule has 3 aromatic heterocycles. The van der Waals surface area contributed by atoms with Gasteiger partial charge in [0.15, 0.2) is 16.1 Å². The van der Waals surface area contributed by atoms with Crippen LogP contribution >= 0.6 is 27.3 Å². The van der Waals surface area contributed by atoms with Gasteiger partial charge in [-0.05, 0) is 59.3 Å². The highest BCUT2D eigenvalue weighted by molar-refractivity contribution is 9.10. The molecular formula is C21H16BrN3O6S. The summed E-state index contributed by atoms with van der Waals surface area (Å²) in [5, 5.41) is 9.22. The number of hydrogen-bond acceptors (Lipinski definition) is 8. The number of hydrogen-bond donors (Lipinski definition) is 1. The van der Waals surface area contributed by atoms with Crippen molar-refractivity contribution >= 4 is 54.9 Å². The van der Waals surface area contributed by atoms with Crippen molar-refractivity contribution in [1.29, 1.82) is 0 Å². The molecule has 0 bridgehead atoms. The van der Waals surface area contributed by atoms with Gasteiger partial charge in [0.05, 0.1) is 24.8 Å². The Morgan fingerprint density at radius 1 is 1.22 bits per heavy atom. The van der Waals surface area contributed by atoms with Crippen LogP contribution in [0, 0.1) is 0 Å². The number of aromatic nitrogens is 2. The van der Waals surface area contributed by atoms with Crippen molar-refractivity contribution in [2.24, 2.45) is 0 Å². The first-order valence-electron chi connectivity index (χ1n) is 9.35. The van der Waals surface area contributed by atoms with E-state index in [0.29, 0.717) is 21.5 Å². The monoisotopic (exact) mass is 517 g/mol. The molecular weight excluding hydrogens is 502 g/mol. The number of thiophene rings is 1. The number of carbonyl (C=O) groups excluding carboxylic acids is 2. The van der Waals surface area contributed by atoms with Crippen molar-refractivity contribution in [2.75, 3.05) is 19.0 Å². The standard InChI is InChI=1S/C21H16BrN3O6S/c1-3-30-21(28)17-13-10-32-19(23-18(26)14-8-9-15(22)31-14)16(13)20(27)25(24-17)11-4-6-12(29-2)7-5-11/h4-10H,3H2,1-2H3,(H,23,26). The average molecular weight is 518 g/mol. The van der Waals surface area contributed by atoms with Gasteiger partial charge in [0.1, 0.15) is 10.8 Å². The van der Waals surface area contributed by atoms with E-state index in [9.17, 15) is 14.4 Å². The Morgan fingerprint density at radius 2 is 1.97 bits per heavy atom. The number of benzene rings is 1. The molecule has 0 radical (unpaired) electrons. The number of nitrogens with one attached hydrogen (secondary N) is 1. The van der Waals surface area contributed by atoms with Crippen LogP contribution in [0.15, 0.2) is 55.7 Å². The predicted molar refractivity (Wildman–Crippen MR) is 122 cm³/mol. The molecule has 32 heavy (non-hydrogen) atoms. The molecule has 0 fully saturated rings. The molecule has 0 spiro atoms. The van der Waals surface area contributed by atoms with Crippen molar-refractivity contribution < 1.29 is 23.5 Å². The van der Waals surface area contributed by atoms with E-state index in [1.807, 2.05) is 0 Å². The van der Waals surface area contributed by atoms with Gasteiger partial charge in [-0.3, -0.25) is 9.59 Å². The van der Waals surface area contributed by atoms with Gasteiger partial charge in [-0.15, -0.1) is 11.3 Å². The van der Waals surface area contributed by atoms with E-state index in [1.165, 1.54) is 13.2 Å². The molecule has 0 aliphatic carbocycles. The lowest BCUT2D eigenvalue weighted by molar-refractivity contribution is 0.0520. The first-order valence-corrected chi connectivity index (χ1v) is 11.0. The zero-order chi connectivity index (χ0) is 22.8. The fourth-order valence-electron chi connectivity index (χ4n) is 2.99. The molecule has 1 N–H and O–H groups in total. The van der Waals surface area contributed by atoms with Crippen LogP contribution in [0.3, 0.4) is 0 Å². The number of nitrogens with zero attached hydrogens (tertiary/aromatic N) is 2. The molecule has 0 unspecified atom stereocenters. The number of methoxy groups -OCH3 is 1. The number of esters is 1. The van der Waals surface area contributed by atoms with Gasteiger partial charge in [-0.25, -0.2) is 4.79 Å². The van der Waals surface area contributed by atoms with Gasteiger partial charge >= 0.3 is 5.97 Å². The lowest BCUT2D eigenvalue weighted by atomic mass is 10.2. The van der Waals surface area contributed by atoms with E-state index in [-0.39, 0.29) is 28.4 Å². The van der Waals surface area contributed by atoms with Gasteiger partial charge in [0, 0.05) is 10.8 Å². The topological polar surface area (TPSA) is 113 Å². The molecule has 4 rings (SSSR count). The number of furan rings is 1. The average Bonchev–Trinajstić information content (AvgIpc) is 3.41. The van der Waals surface area contributed by atoms with Gasteiger partial charge in [0.2, 0.25) is 0 Å². The summed E-state index contributed by atoms with van der Waals surface area (Å²) in [4.78, 5) is 38.5. The molecule has 3 heterocycles. The lowest BCUT2D eigenvalue weighted by Gasteiger charge is -2.10. The van der Waals surface area contributed by atoms with E-state index in [0.717, 1.165) is 16.0 Å². The molecule has 0 aliphatic rings. The van der Waals surface area contributed by atoms with Crippen LogP contribution in [0.25, 0.3) is 16.5 Å². The van der Waals surface area contributed by atoms with Crippen LogP contribution in [0.2, 0.25) is 0 Å². The minimum absolute atomic E-state index is 0.0326. The summed E-state index contributed by atoms with van der Waals surface area (Å²) in [6, 6.07) is 9.70. The van der Waals surface area contributed by atoms with Crippen LogP contribution < -0.4 is 15.6 Å². The summed E-state index contributed by atoms with van der Waals surface area (Å²) < 4.78 is 17.0. The summed E-state index contributed by atoms with van der Waals surface area (Å²) in [5.74, 6) is -0.551. The molecule has 11 heteroatoms. The normalized spacial score (nSPS) is 10.8. The van der Waals surface area contributed by atoms with E-state index in [4.69, 9.17) is 13.9 Å². The molecule has 0 saturated carbocycles. The van der Waals surface area contributed by atoms with Crippen LogP contribution in [0.5, 0.6) is 5.75 Å². The number of ether oxygens (including phenoxy) is 2. The Hall–Kier alpha value is -3.44. The minimum atomic E-state index is -0.676. The van der Waals surface area contributed by atoms with Crippen LogP contribution in [0.4, 0.5) is 5.00 Å². The number of amides is 1. The SMILES string of the molecule is CCOC(=O)c1nn(-c2ccc(OC)cc2)c(=O)c2c(NC(=O)c3ccc(Br)o3)scc12. The highest BCUT2D eigenvalue weighted by Crippen LogP contribution is 2.31. The Balaban J connectivity index is 1.87. The van der Waals surface area contributed by atoms with Crippen molar-refractivity contribution in [3.05, 3.63) is 68.3 Å². The number of anilines is 1. The maximum atomic E-state index is 13.4. The van der Waals surface area contributed by atoms with E-state index in [2.05, 4.69) is 26.3 Å². The van der Waals surface area contributed by atoms with Crippen molar-refractivity contribution in [2.45, 2.75) is 6.92 Å². The highest BCUT2D eigenvalue weighted by atomic mass is 79.9. The van der Waals surface area contributed by atoms with Crippen LogP contribution in [0.1, 0.15) is 28.0 Å². The second-order valence-electron chi connectivity index (χ2n) is 6.40. The third-order valence-electron chi connectivity index (χ3n) is 4.46. The molecule has 0 atom stereocenters. The van der Waals surface area contributed by atoms with Crippen molar-refractivity contribution in [1.82, 2.24) is 9.78 Å². The minimum Gasteiger partial charge on any atom is -0.497 e. The fraction of sp³-hybridized carbons (Fsp3) is 0.143. The Labute approximate surface area is 193 Å². The predicted octanol–water partition coefficient (Wildman–Crippen LogP) is 4.24. The number of fused-ring (bicyclic) bond motifs is 1. The first-order chi connectivity index (χ1) is 15.4. The van der Waals surface area contributed by atoms with E-state index >= 15 is 0 Å². The third kappa shape index (κ3) is 4.04. The number of rotatable bonds is 6. The van der Waals surface area contributed by atoms with Crippen molar-refractivity contribution in [3.8, 4) is 11.4 Å². The van der Waals surface area contributed by atoms with Gasteiger partial charge in [-0.1, -0.05) is 0 Å². The van der Waals surface area contributed by atoms with Crippen LogP contribution in [-0.4, -0.2) is 35.4 Å². The summed E-state index contributed by atoms with van der Waals surface area (Å²) >= 11 is 4.25. The maximum Gasteiger partial charge on any atom is 0.359 e. The van der Waals surface area contributed by atoms with Gasteiger partial charge in [0.25, 0.3) is 11.5 Å². The quantitative estimate of drug-likeness (QED) is 0.380. The Bertz CT molecular complexity index is 1370. The smallest absolute Gasteiger partial charge is 0.359 e. The Kier molecular flexibility index (Phi) is 6.10. The summed E-state index contributed by atoms with van der Waals surface area (Å²) in [7, 11) is 1.53. The summed E-state index contributed by atoms with van der Waals surface area (Å²) in [6.07, 6.45) is 0. The molecule has 4 aromatic rings. The lowest BCUT2D eigenvalue weighted by Crippen LogP contribution is -2.25. The maximum absolute atomic E-state index is 13.4. The van der Waals surface area contributed by atoms with E-state index < -0.39 is 17.4 Å². The molecule has 164 valence electrons. The number of carbonyl (C=O) groups is 2. The molecule has 0 saturated heterocycles. The third-order valence-corrected chi connectivity index (χ3v) is 5.78. The molecule has 0 aliphatic heterocycles. The van der Waals surface area contributed by atoms with Gasteiger partial charge in [-0.2, -0.15) is 9.78 Å². The van der Waals surface area contributed by atoms with Gasteiger partial charge < -0.3 is 19.2 Å². The first kappa shape index (κ1) is 21.8. The summed E-state index contributed by atoms with van der Waals surface area (Å²) in [5.41, 5.74) is -0.119. The Morgan fingerprint density at radius 3 is 2.59 bits per heavy atom. The van der Waals surface area contributed by atoms with E-state index in [1.54, 1.807) is 42.6 Å². The second-order valence-corrected chi connectivity index (χ2v) is 8.06. The van der Waals surface area contributed by atoms with Crippen LogP contribution in [-0.2, 0) is 4.74 Å². The summed E-state index contributed by atoms with van der Waals surface area (Å²) in [6.45, 7) is 1.82. The van der Waals surface area contributed by atoms with Crippen molar-refractivity contribution in [3.63, 3.8) is 0 Å². The molecule has 1 amide bonds. The molecule has 9 nitrogen and oxygen atoms in total. The zero-order valence-corrected chi connectivity index (χ0v) is 19.3.